The molecule has 0 bridgehead atoms. The molecule has 2 atom stereocenters. The Balaban J connectivity index is 1.77. The molecule has 32 heavy (non-hydrogen) atoms. The van der Waals surface area contributed by atoms with E-state index in [4.69, 9.17) is 21.7 Å². The second kappa shape index (κ2) is 9.95. The van der Waals surface area contributed by atoms with Crippen LogP contribution in [0.5, 0.6) is 5.75 Å². The van der Waals surface area contributed by atoms with Gasteiger partial charge in [0.15, 0.2) is 5.11 Å². The smallest absolute Gasteiger partial charge is 0.250 e. The summed E-state index contributed by atoms with van der Waals surface area (Å²) in [6.45, 7) is -0.0509. The highest BCUT2D eigenvalue weighted by atomic mass is 79.9. The van der Waals surface area contributed by atoms with Crippen molar-refractivity contribution < 1.29 is 14.3 Å². The number of methoxy groups -OCH3 is 2. The number of nitrogens with zero attached hydrogens (tertiary/aromatic N) is 2. The van der Waals surface area contributed by atoms with Gasteiger partial charge in [0.25, 0.3) is 0 Å². The highest BCUT2D eigenvalue weighted by molar-refractivity contribution is 9.11. The summed E-state index contributed by atoms with van der Waals surface area (Å²) >= 11 is 11.0. The molecule has 1 saturated heterocycles. The van der Waals surface area contributed by atoms with Crippen LogP contribution in [0.3, 0.4) is 0 Å². The summed E-state index contributed by atoms with van der Waals surface area (Å²) in [5, 5.41) is 6.86. The average Bonchev–Trinajstić information content (AvgIpc) is 3.37. The van der Waals surface area contributed by atoms with Crippen molar-refractivity contribution in [2.24, 2.45) is 0 Å². The number of carbonyl (C=O) groups is 1. The van der Waals surface area contributed by atoms with E-state index in [1.807, 2.05) is 42.5 Å². The maximum Gasteiger partial charge on any atom is 0.250 e. The van der Waals surface area contributed by atoms with Gasteiger partial charge in [-0.2, -0.15) is 0 Å². The molecule has 1 amide bonds. The summed E-state index contributed by atoms with van der Waals surface area (Å²) in [5.74, 6) is 0.281. The molecule has 7 nitrogen and oxygen atoms in total. The Morgan fingerprint density at radius 2 is 2.12 bits per heavy atom. The van der Waals surface area contributed by atoms with Crippen LogP contribution in [-0.4, -0.2) is 36.8 Å². The molecule has 1 aliphatic rings. The minimum atomic E-state index is -0.268. The molecule has 2 aromatic heterocycles. The lowest BCUT2D eigenvalue weighted by atomic mass is 10.0. The van der Waals surface area contributed by atoms with E-state index in [2.05, 4.69) is 42.5 Å². The summed E-state index contributed by atoms with van der Waals surface area (Å²) < 4.78 is 11.4. The zero-order valence-corrected chi connectivity index (χ0v) is 20.6. The van der Waals surface area contributed by atoms with E-state index < -0.39 is 0 Å². The molecule has 3 heterocycles. The normalized spacial score (nSPS) is 17.8. The van der Waals surface area contributed by atoms with Gasteiger partial charge in [-0.05, 0) is 70.6 Å². The summed E-state index contributed by atoms with van der Waals surface area (Å²) in [7, 11) is 3.04. The number of nitrogens with one attached hydrogen (secondary N) is 2. The van der Waals surface area contributed by atoms with Gasteiger partial charge in [0, 0.05) is 23.9 Å². The summed E-state index contributed by atoms with van der Waals surface area (Å²) in [4.78, 5) is 19.9. The van der Waals surface area contributed by atoms with Crippen LogP contribution in [0.4, 0.5) is 11.4 Å². The number of aromatic nitrogens is 1. The van der Waals surface area contributed by atoms with Crippen molar-refractivity contribution >= 4 is 61.9 Å². The fourth-order valence-corrected chi connectivity index (χ4v) is 5.57. The van der Waals surface area contributed by atoms with Crippen LogP contribution in [0.15, 0.2) is 58.5 Å². The molecule has 2 unspecified atom stereocenters. The Bertz CT molecular complexity index is 1130. The number of thiophene rings is 1. The van der Waals surface area contributed by atoms with E-state index in [9.17, 15) is 4.79 Å². The van der Waals surface area contributed by atoms with Gasteiger partial charge in [-0.1, -0.05) is 6.07 Å². The van der Waals surface area contributed by atoms with Gasteiger partial charge in [-0.3, -0.25) is 9.78 Å². The van der Waals surface area contributed by atoms with Crippen molar-refractivity contribution in [3.63, 3.8) is 0 Å². The van der Waals surface area contributed by atoms with Crippen molar-refractivity contribution in [2.75, 3.05) is 31.0 Å². The zero-order chi connectivity index (χ0) is 22.7. The molecule has 0 radical (unpaired) electrons. The maximum absolute atomic E-state index is 12.1. The fourth-order valence-electron chi connectivity index (χ4n) is 3.67. The molecule has 166 valence electrons. The van der Waals surface area contributed by atoms with Crippen molar-refractivity contribution in [1.29, 1.82) is 0 Å². The van der Waals surface area contributed by atoms with Crippen LogP contribution in [0.2, 0.25) is 0 Å². The molecular weight excluding hydrogens is 512 g/mol. The lowest BCUT2D eigenvalue weighted by Gasteiger charge is -2.27. The molecule has 1 fully saturated rings. The van der Waals surface area contributed by atoms with Gasteiger partial charge in [-0.25, -0.2) is 0 Å². The molecule has 2 N–H and O–H groups in total. The molecule has 4 rings (SSSR count). The van der Waals surface area contributed by atoms with E-state index in [0.29, 0.717) is 16.5 Å². The minimum Gasteiger partial charge on any atom is -0.495 e. The number of rotatable bonds is 7. The van der Waals surface area contributed by atoms with Crippen molar-refractivity contribution in [3.8, 4) is 5.75 Å². The van der Waals surface area contributed by atoms with E-state index >= 15 is 0 Å². The standard InChI is InChI=1S/C22H21BrN4O3S2/c1-29-12-19(28)25-15-11-13(6-7-16(15)30-2)27-21(17-8-9-18(23)32-17)20(26-22(27)31)14-5-3-4-10-24-14/h3-11,20-21H,12H2,1-2H3,(H,25,28)(H,26,31). The second-order valence-electron chi connectivity index (χ2n) is 7.00. The molecule has 1 aromatic carbocycles. The van der Waals surface area contributed by atoms with Gasteiger partial charge in [0.05, 0.1) is 34.4 Å². The van der Waals surface area contributed by atoms with Gasteiger partial charge >= 0.3 is 0 Å². The highest BCUT2D eigenvalue weighted by Gasteiger charge is 2.41. The van der Waals surface area contributed by atoms with E-state index in [-0.39, 0.29) is 24.6 Å². The van der Waals surface area contributed by atoms with Gasteiger partial charge in [0.2, 0.25) is 5.91 Å². The number of carbonyl (C=O) groups excluding carboxylic acids is 1. The van der Waals surface area contributed by atoms with Gasteiger partial charge in [0.1, 0.15) is 12.4 Å². The van der Waals surface area contributed by atoms with Crippen molar-refractivity contribution in [2.45, 2.75) is 12.1 Å². The monoisotopic (exact) mass is 532 g/mol. The molecule has 3 aromatic rings. The Kier molecular flexibility index (Phi) is 7.04. The first-order chi connectivity index (χ1) is 15.5. The molecule has 1 aliphatic heterocycles. The average molecular weight is 533 g/mol. The molecule has 10 heteroatoms. The van der Waals surface area contributed by atoms with Crippen LogP contribution >= 0.6 is 39.5 Å². The molecular formula is C22H21BrN4O3S2. The van der Waals surface area contributed by atoms with Gasteiger partial charge in [-0.15, -0.1) is 11.3 Å². The number of hydrogen-bond donors (Lipinski definition) is 2. The lowest BCUT2D eigenvalue weighted by molar-refractivity contribution is -0.119. The molecule has 0 aliphatic carbocycles. The van der Waals surface area contributed by atoms with Crippen molar-refractivity contribution in [1.82, 2.24) is 10.3 Å². The predicted molar refractivity (Wildman–Crippen MR) is 133 cm³/mol. The van der Waals surface area contributed by atoms with E-state index in [1.165, 1.54) is 7.11 Å². The van der Waals surface area contributed by atoms with Crippen LogP contribution in [0.1, 0.15) is 22.7 Å². The summed E-state index contributed by atoms with van der Waals surface area (Å²) in [6.07, 6.45) is 1.78. The number of benzene rings is 1. The fraction of sp³-hybridized carbons (Fsp3) is 0.227. The van der Waals surface area contributed by atoms with Crippen LogP contribution in [0, 0.1) is 0 Å². The first-order valence-corrected chi connectivity index (χ1v) is 11.8. The number of amides is 1. The number of anilines is 2. The van der Waals surface area contributed by atoms with Crippen molar-refractivity contribution in [3.05, 3.63) is 69.1 Å². The van der Waals surface area contributed by atoms with Crippen LogP contribution in [0.25, 0.3) is 0 Å². The summed E-state index contributed by atoms with van der Waals surface area (Å²) in [5.41, 5.74) is 2.26. The number of hydrogen-bond acceptors (Lipinski definition) is 6. The highest BCUT2D eigenvalue weighted by Crippen LogP contribution is 2.45. The Morgan fingerprint density at radius 3 is 2.78 bits per heavy atom. The minimum absolute atomic E-state index is 0.0509. The summed E-state index contributed by atoms with van der Waals surface area (Å²) in [6, 6.07) is 15.3. The zero-order valence-electron chi connectivity index (χ0n) is 17.4. The third-order valence-corrected chi connectivity index (χ3v) is 7.00. The Hall–Kier alpha value is -2.53. The van der Waals surface area contributed by atoms with Crippen LogP contribution in [-0.2, 0) is 9.53 Å². The Labute approximate surface area is 203 Å². The molecule has 0 spiro atoms. The quantitative estimate of drug-likeness (QED) is 0.428. The van der Waals surface area contributed by atoms with E-state index in [0.717, 1.165) is 20.0 Å². The Morgan fingerprint density at radius 1 is 1.28 bits per heavy atom. The first kappa shape index (κ1) is 22.7. The number of thiocarbonyl (C=S) groups is 1. The first-order valence-electron chi connectivity index (χ1n) is 9.74. The van der Waals surface area contributed by atoms with E-state index in [1.54, 1.807) is 24.6 Å². The maximum atomic E-state index is 12.1. The number of pyridine rings is 1. The second-order valence-corrected chi connectivity index (χ2v) is 9.89. The van der Waals surface area contributed by atoms with Crippen LogP contribution < -0.4 is 20.3 Å². The largest absolute Gasteiger partial charge is 0.495 e. The number of halogens is 1. The molecule has 0 saturated carbocycles. The number of ether oxygens (including phenoxy) is 2. The lowest BCUT2D eigenvalue weighted by Crippen LogP contribution is -2.29. The predicted octanol–water partition coefficient (Wildman–Crippen LogP) is 4.68. The third-order valence-electron chi connectivity index (χ3n) is 4.99. The topological polar surface area (TPSA) is 75.7 Å². The third kappa shape index (κ3) is 4.63. The van der Waals surface area contributed by atoms with Gasteiger partial charge < -0.3 is 25.0 Å². The SMILES string of the molecule is COCC(=O)Nc1cc(N2C(=S)NC(c3ccccn3)C2c2ccc(Br)s2)ccc1OC.